The quantitative estimate of drug-likeness (QED) is 0.314. The van der Waals surface area contributed by atoms with E-state index in [0.717, 1.165) is 12.8 Å². The monoisotopic (exact) mass is 344 g/mol. The number of carbonyl (C=O) groups is 3. The minimum atomic E-state index is -1.41. The highest BCUT2D eigenvalue weighted by molar-refractivity contribution is 5.92. The number of carboxylic acid groups (broad SMARTS) is 1. The first-order valence-corrected chi connectivity index (χ1v) is 8.27. The molecular formula is C15H28N4O5. The second-order valence-electron chi connectivity index (χ2n) is 6.15. The standard InChI is InChI=1S/C15H28N4O5/c1-9(20)12(15(23)24)18-13(21)11-6-4-8-19(11)14(22)10(17)5-2-3-7-16/h9-12,20H,2-8,16-17H2,1H3,(H,18,21)(H,23,24)/t9-,10+,11+,12+/m1/s1. The van der Waals surface area contributed by atoms with Crippen molar-refractivity contribution in [2.75, 3.05) is 13.1 Å². The van der Waals surface area contributed by atoms with Gasteiger partial charge in [-0.3, -0.25) is 9.59 Å². The number of carboxylic acids is 1. The van der Waals surface area contributed by atoms with Gasteiger partial charge in [-0.1, -0.05) is 6.42 Å². The van der Waals surface area contributed by atoms with E-state index in [2.05, 4.69) is 5.32 Å². The molecule has 0 radical (unpaired) electrons. The Morgan fingerprint density at radius 2 is 2.00 bits per heavy atom. The van der Waals surface area contributed by atoms with E-state index in [-0.39, 0.29) is 5.91 Å². The van der Waals surface area contributed by atoms with Crippen molar-refractivity contribution in [3.8, 4) is 0 Å². The molecule has 0 saturated carbocycles. The van der Waals surface area contributed by atoms with E-state index in [4.69, 9.17) is 16.6 Å². The van der Waals surface area contributed by atoms with E-state index < -0.39 is 36.1 Å². The van der Waals surface area contributed by atoms with E-state index in [1.807, 2.05) is 0 Å². The van der Waals surface area contributed by atoms with Crippen LogP contribution in [-0.2, 0) is 14.4 Å². The summed E-state index contributed by atoms with van der Waals surface area (Å²) >= 11 is 0. The predicted octanol–water partition coefficient (Wildman–Crippen LogP) is -1.62. The van der Waals surface area contributed by atoms with Crippen LogP contribution in [0.2, 0.25) is 0 Å². The lowest BCUT2D eigenvalue weighted by atomic mass is 10.1. The number of likely N-dealkylation sites (tertiary alicyclic amines) is 1. The Hall–Kier alpha value is -1.71. The molecule has 9 nitrogen and oxygen atoms in total. The number of hydrogen-bond acceptors (Lipinski definition) is 6. The number of nitrogens with zero attached hydrogens (tertiary/aromatic N) is 1. The van der Waals surface area contributed by atoms with Crippen LogP contribution in [0.25, 0.3) is 0 Å². The molecule has 0 unspecified atom stereocenters. The molecule has 0 aromatic rings. The number of nitrogens with two attached hydrogens (primary N) is 2. The normalized spacial score (nSPS) is 21.2. The fourth-order valence-corrected chi connectivity index (χ4v) is 2.79. The lowest BCUT2D eigenvalue weighted by molar-refractivity contribution is -0.146. The molecule has 0 spiro atoms. The van der Waals surface area contributed by atoms with E-state index in [9.17, 15) is 19.5 Å². The second kappa shape index (κ2) is 9.55. The first-order valence-electron chi connectivity index (χ1n) is 8.27. The maximum Gasteiger partial charge on any atom is 0.328 e. The lowest BCUT2D eigenvalue weighted by Crippen LogP contribution is -2.56. The third kappa shape index (κ3) is 5.43. The van der Waals surface area contributed by atoms with Crippen LogP contribution in [0, 0.1) is 0 Å². The summed E-state index contributed by atoms with van der Waals surface area (Å²) in [6.07, 6.45) is 1.85. The van der Waals surface area contributed by atoms with E-state index >= 15 is 0 Å². The van der Waals surface area contributed by atoms with Crippen LogP contribution in [0.5, 0.6) is 0 Å². The van der Waals surface area contributed by atoms with E-state index in [0.29, 0.717) is 32.4 Å². The van der Waals surface area contributed by atoms with Crippen molar-refractivity contribution >= 4 is 17.8 Å². The summed E-state index contributed by atoms with van der Waals surface area (Å²) in [5.74, 6) is -2.22. The van der Waals surface area contributed by atoms with Crippen molar-refractivity contribution in [3.63, 3.8) is 0 Å². The number of hydrogen-bond donors (Lipinski definition) is 5. The number of rotatable bonds is 9. The smallest absolute Gasteiger partial charge is 0.328 e. The van der Waals surface area contributed by atoms with Crippen molar-refractivity contribution in [2.45, 2.75) is 63.3 Å². The van der Waals surface area contributed by atoms with Gasteiger partial charge in [-0.2, -0.15) is 0 Å². The first-order chi connectivity index (χ1) is 11.3. The summed E-state index contributed by atoms with van der Waals surface area (Å²) in [4.78, 5) is 37.2. The maximum atomic E-state index is 12.4. The topological polar surface area (TPSA) is 159 Å². The van der Waals surface area contributed by atoms with Gasteiger partial charge in [-0.25, -0.2) is 4.79 Å². The number of aliphatic carboxylic acids is 1. The Bertz CT molecular complexity index is 457. The van der Waals surface area contributed by atoms with Crippen molar-refractivity contribution in [1.82, 2.24) is 10.2 Å². The summed E-state index contributed by atoms with van der Waals surface area (Å²) in [5, 5.41) is 20.8. The molecule has 1 saturated heterocycles. The van der Waals surface area contributed by atoms with E-state index in [1.54, 1.807) is 0 Å². The van der Waals surface area contributed by atoms with Gasteiger partial charge in [-0.05, 0) is 39.2 Å². The van der Waals surface area contributed by atoms with Gasteiger partial charge in [0.1, 0.15) is 6.04 Å². The Morgan fingerprint density at radius 1 is 1.33 bits per heavy atom. The van der Waals surface area contributed by atoms with Crippen LogP contribution >= 0.6 is 0 Å². The summed E-state index contributed by atoms with van der Waals surface area (Å²) in [6, 6.07) is -2.86. The zero-order chi connectivity index (χ0) is 18.3. The number of carbonyl (C=O) groups excluding carboxylic acids is 2. The lowest BCUT2D eigenvalue weighted by Gasteiger charge is -2.28. The van der Waals surface area contributed by atoms with Gasteiger partial charge >= 0.3 is 5.97 Å². The van der Waals surface area contributed by atoms with Crippen molar-refractivity contribution in [1.29, 1.82) is 0 Å². The molecule has 0 aliphatic carbocycles. The molecule has 1 aliphatic heterocycles. The fourth-order valence-electron chi connectivity index (χ4n) is 2.79. The number of aliphatic hydroxyl groups is 1. The van der Waals surface area contributed by atoms with Gasteiger partial charge in [0.15, 0.2) is 6.04 Å². The molecule has 2 amide bonds. The van der Waals surface area contributed by atoms with E-state index in [1.165, 1.54) is 11.8 Å². The van der Waals surface area contributed by atoms with Gasteiger partial charge in [-0.15, -0.1) is 0 Å². The highest BCUT2D eigenvalue weighted by atomic mass is 16.4. The van der Waals surface area contributed by atoms with Gasteiger partial charge in [0, 0.05) is 6.54 Å². The number of unbranched alkanes of at least 4 members (excludes halogenated alkanes) is 1. The zero-order valence-electron chi connectivity index (χ0n) is 14.0. The summed E-state index contributed by atoms with van der Waals surface area (Å²) < 4.78 is 0. The van der Waals surface area contributed by atoms with Crippen LogP contribution in [0.1, 0.15) is 39.0 Å². The summed E-state index contributed by atoms with van der Waals surface area (Å²) in [7, 11) is 0. The van der Waals surface area contributed by atoms with Gasteiger partial charge in [0.2, 0.25) is 11.8 Å². The Morgan fingerprint density at radius 3 is 2.54 bits per heavy atom. The Balaban J connectivity index is 2.68. The molecule has 1 aliphatic rings. The molecule has 24 heavy (non-hydrogen) atoms. The molecule has 0 aromatic carbocycles. The zero-order valence-corrected chi connectivity index (χ0v) is 14.0. The first kappa shape index (κ1) is 20.3. The number of nitrogens with one attached hydrogen (secondary N) is 1. The molecule has 0 aromatic heterocycles. The Labute approximate surface area is 141 Å². The molecule has 7 N–H and O–H groups in total. The highest BCUT2D eigenvalue weighted by Gasteiger charge is 2.38. The van der Waals surface area contributed by atoms with Crippen LogP contribution < -0.4 is 16.8 Å². The Kier molecular flexibility index (Phi) is 8.09. The largest absolute Gasteiger partial charge is 0.480 e. The molecule has 0 bridgehead atoms. The van der Waals surface area contributed by atoms with Crippen molar-refractivity contribution in [3.05, 3.63) is 0 Å². The van der Waals surface area contributed by atoms with Crippen molar-refractivity contribution < 1.29 is 24.6 Å². The third-order valence-electron chi connectivity index (χ3n) is 4.17. The number of amides is 2. The summed E-state index contributed by atoms with van der Waals surface area (Å²) in [5.41, 5.74) is 11.3. The fraction of sp³-hybridized carbons (Fsp3) is 0.800. The van der Waals surface area contributed by atoms with Crippen LogP contribution in [0.15, 0.2) is 0 Å². The number of aliphatic hydroxyl groups excluding tert-OH is 1. The van der Waals surface area contributed by atoms with Crippen LogP contribution in [0.3, 0.4) is 0 Å². The third-order valence-corrected chi connectivity index (χ3v) is 4.17. The van der Waals surface area contributed by atoms with Gasteiger partial charge in [0.25, 0.3) is 0 Å². The second-order valence-corrected chi connectivity index (χ2v) is 6.15. The SMILES string of the molecule is C[C@@H](O)[C@H](NC(=O)[C@@H]1CCCN1C(=O)[C@@H](N)CCCCN)C(=O)O. The van der Waals surface area contributed by atoms with Gasteiger partial charge in [0.05, 0.1) is 12.1 Å². The van der Waals surface area contributed by atoms with Crippen LogP contribution in [-0.4, -0.2) is 70.2 Å². The average Bonchev–Trinajstić information content (AvgIpc) is 3.00. The molecule has 9 heteroatoms. The minimum Gasteiger partial charge on any atom is -0.480 e. The predicted molar refractivity (Wildman–Crippen MR) is 86.9 cm³/mol. The van der Waals surface area contributed by atoms with Crippen LogP contribution in [0.4, 0.5) is 0 Å². The highest BCUT2D eigenvalue weighted by Crippen LogP contribution is 2.19. The summed E-state index contributed by atoms with van der Waals surface area (Å²) in [6.45, 7) is 2.23. The molecule has 1 heterocycles. The average molecular weight is 344 g/mol. The molecule has 4 atom stereocenters. The molecule has 1 rings (SSSR count). The molecule has 138 valence electrons. The minimum absolute atomic E-state index is 0.311. The van der Waals surface area contributed by atoms with Gasteiger partial charge < -0.3 is 31.9 Å². The van der Waals surface area contributed by atoms with Crippen molar-refractivity contribution in [2.24, 2.45) is 11.5 Å². The maximum absolute atomic E-state index is 12.4. The molecular weight excluding hydrogens is 316 g/mol. The molecule has 1 fully saturated rings.